The lowest BCUT2D eigenvalue weighted by atomic mass is 9.87. The number of hydrogen-bond acceptors (Lipinski definition) is 2. The summed E-state index contributed by atoms with van der Waals surface area (Å²) in [5.41, 5.74) is 11.9. The Balaban J connectivity index is 1.44. The van der Waals surface area contributed by atoms with Crippen molar-refractivity contribution < 1.29 is 0 Å². The number of nitrogens with two attached hydrogens (primary N) is 1. The highest BCUT2D eigenvalue weighted by Crippen LogP contribution is 2.39. The van der Waals surface area contributed by atoms with Crippen LogP contribution in [0.4, 0.5) is 0 Å². The molecule has 2 saturated carbocycles. The van der Waals surface area contributed by atoms with E-state index in [9.17, 15) is 0 Å². The van der Waals surface area contributed by atoms with E-state index in [1.807, 2.05) is 0 Å². The van der Waals surface area contributed by atoms with Crippen LogP contribution in [0.25, 0.3) is 10.9 Å². The molecule has 3 heteroatoms. The van der Waals surface area contributed by atoms with Crippen LogP contribution in [0.1, 0.15) is 92.9 Å². The Morgan fingerprint density at radius 2 is 1.73 bits per heavy atom. The molecular formula is C30H41N3. The summed E-state index contributed by atoms with van der Waals surface area (Å²) < 4.78 is 2.63. The van der Waals surface area contributed by atoms with Crippen LogP contribution in [0.15, 0.2) is 54.7 Å². The van der Waals surface area contributed by atoms with Gasteiger partial charge in [0.25, 0.3) is 0 Å². The molecule has 3 N–H and O–H groups in total. The number of aromatic nitrogens is 1. The number of benzene rings is 2. The zero-order valence-electron chi connectivity index (χ0n) is 20.3. The van der Waals surface area contributed by atoms with Crippen molar-refractivity contribution in [3.63, 3.8) is 0 Å². The van der Waals surface area contributed by atoms with Crippen molar-refractivity contribution in [3.8, 4) is 0 Å². The van der Waals surface area contributed by atoms with Gasteiger partial charge in [0.1, 0.15) is 0 Å². The Morgan fingerprint density at radius 3 is 2.52 bits per heavy atom. The molecule has 0 spiro atoms. The highest BCUT2D eigenvalue weighted by Gasteiger charge is 2.24. The lowest BCUT2D eigenvalue weighted by molar-refractivity contribution is 0.340. The molecular weight excluding hydrogens is 402 g/mol. The second kappa shape index (κ2) is 10.4. The quantitative estimate of drug-likeness (QED) is 0.420. The molecule has 0 amide bonds. The van der Waals surface area contributed by atoms with Gasteiger partial charge in [-0.25, -0.2) is 0 Å². The van der Waals surface area contributed by atoms with E-state index in [1.165, 1.54) is 72.5 Å². The SMILES string of the molecule is Cc1cccc(C(CCN[C@H]2CC[C@H](N)CC2)c2cn(C3CCCCC3)c3ccccc23)c1. The molecule has 0 radical (unpaired) electrons. The van der Waals surface area contributed by atoms with Crippen LogP contribution in [0, 0.1) is 6.92 Å². The Labute approximate surface area is 199 Å². The summed E-state index contributed by atoms with van der Waals surface area (Å²) in [6, 6.07) is 20.0. The first-order chi connectivity index (χ1) is 16.2. The van der Waals surface area contributed by atoms with Gasteiger partial charge in [0, 0.05) is 41.1 Å². The van der Waals surface area contributed by atoms with Gasteiger partial charge >= 0.3 is 0 Å². The van der Waals surface area contributed by atoms with Crippen molar-refractivity contribution in [2.75, 3.05) is 6.54 Å². The number of nitrogens with one attached hydrogen (secondary N) is 1. The van der Waals surface area contributed by atoms with Gasteiger partial charge in [0.05, 0.1) is 0 Å². The lowest BCUT2D eigenvalue weighted by Gasteiger charge is -2.28. The minimum absolute atomic E-state index is 0.411. The fourth-order valence-electron chi connectivity index (χ4n) is 6.31. The van der Waals surface area contributed by atoms with Gasteiger partial charge in [-0.05, 0) is 75.6 Å². The Morgan fingerprint density at radius 1 is 0.939 bits per heavy atom. The number of para-hydroxylation sites is 1. The molecule has 1 aromatic heterocycles. The minimum Gasteiger partial charge on any atom is -0.344 e. The average Bonchev–Trinajstić information content (AvgIpc) is 3.23. The second-order valence-corrected chi connectivity index (χ2v) is 10.6. The van der Waals surface area contributed by atoms with Gasteiger partial charge in [-0.1, -0.05) is 67.3 Å². The third-order valence-electron chi connectivity index (χ3n) is 8.20. The Bertz CT molecular complexity index is 1040. The summed E-state index contributed by atoms with van der Waals surface area (Å²) >= 11 is 0. The van der Waals surface area contributed by atoms with Gasteiger partial charge in [-0.2, -0.15) is 0 Å². The number of nitrogens with zero attached hydrogens (tertiary/aromatic N) is 1. The van der Waals surface area contributed by atoms with Crippen LogP contribution < -0.4 is 11.1 Å². The molecule has 1 heterocycles. The molecule has 2 aromatic carbocycles. The standard InChI is InChI=1S/C30H41N3/c1-22-8-7-9-23(20-22)27(18-19-32-25-16-14-24(31)15-17-25)29-21-33(26-10-3-2-4-11-26)30-13-6-5-12-28(29)30/h5-9,12-13,20-21,24-27,32H,2-4,10-11,14-19,31H2,1H3/t24-,25-,27?. The first kappa shape index (κ1) is 22.7. The third kappa shape index (κ3) is 5.20. The van der Waals surface area contributed by atoms with Gasteiger partial charge < -0.3 is 15.6 Å². The van der Waals surface area contributed by atoms with Crippen molar-refractivity contribution in [3.05, 3.63) is 71.4 Å². The summed E-state index contributed by atoms with van der Waals surface area (Å²) in [5.74, 6) is 0.415. The van der Waals surface area contributed by atoms with Gasteiger partial charge in [-0.3, -0.25) is 0 Å². The molecule has 2 aliphatic carbocycles. The predicted octanol–water partition coefficient (Wildman–Crippen LogP) is 6.84. The normalized spacial score (nSPS) is 23.1. The van der Waals surface area contributed by atoms with Gasteiger partial charge in [0.2, 0.25) is 0 Å². The highest BCUT2D eigenvalue weighted by atomic mass is 15.0. The molecule has 5 rings (SSSR count). The maximum Gasteiger partial charge on any atom is 0.0485 e. The van der Waals surface area contributed by atoms with E-state index in [-0.39, 0.29) is 0 Å². The van der Waals surface area contributed by atoms with Crippen LogP contribution in [-0.4, -0.2) is 23.2 Å². The summed E-state index contributed by atoms with van der Waals surface area (Å²) in [6.45, 7) is 3.27. The Hall–Kier alpha value is -2.10. The molecule has 176 valence electrons. The van der Waals surface area contributed by atoms with Gasteiger partial charge in [0.15, 0.2) is 0 Å². The molecule has 2 aliphatic rings. The van der Waals surface area contributed by atoms with E-state index in [0.717, 1.165) is 25.8 Å². The molecule has 3 aromatic rings. The van der Waals surface area contributed by atoms with Crippen molar-refractivity contribution in [1.29, 1.82) is 0 Å². The maximum atomic E-state index is 6.13. The predicted molar refractivity (Wildman–Crippen MR) is 140 cm³/mol. The van der Waals surface area contributed by atoms with Crippen molar-refractivity contribution in [1.82, 2.24) is 9.88 Å². The second-order valence-electron chi connectivity index (χ2n) is 10.6. The monoisotopic (exact) mass is 443 g/mol. The van der Waals surface area contributed by atoms with Gasteiger partial charge in [-0.15, -0.1) is 0 Å². The zero-order chi connectivity index (χ0) is 22.6. The van der Waals surface area contributed by atoms with Crippen molar-refractivity contribution in [2.24, 2.45) is 5.73 Å². The average molecular weight is 444 g/mol. The fraction of sp³-hybridized carbons (Fsp3) is 0.533. The molecule has 0 saturated heterocycles. The van der Waals surface area contributed by atoms with Crippen LogP contribution in [0.5, 0.6) is 0 Å². The number of fused-ring (bicyclic) bond motifs is 1. The van der Waals surface area contributed by atoms with E-state index in [4.69, 9.17) is 5.73 Å². The largest absolute Gasteiger partial charge is 0.344 e. The molecule has 2 fully saturated rings. The number of aryl methyl sites for hydroxylation is 1. The summed E-state index contributed by atoms with van der Waals surface area (Å²) in [6.07, 6.45) is 15.2. The third-order valence-corrected chi connectivity index (χ3v) is 8.20. The molecule has 33 heavy (non-hydrogen) atoms. The highest BCUT2D eigenvalue weighted by molar-refractivity contribution is 5.85. The summed E-state index contributed by atoms with van der Waals surface area (Å²) in [4.78, 5) is 0. The van der Waals surface area contributed by atoms with E-state index >= 15 is 0 Å². The van der Waals surface area contributed by atoms with E-state index in [0.29, 0.717) is 24.0 Å². The summed E-state index contributed by atoms with van der Waals surface area (Å²) in [5, 5.41) is 5.33. The van der Waals surface area contributed by atoms with E-state index in [2.05, 4.69) is 71.5 Å². The van der Waals surface area contributed by atoms with Crippen LogP contribution >= 0.6 is 0 Å². The minimum atomic E-state index is 0.411. The van der Waals surface area contributed by atoms with E-state index in [1.54, 1.807) is 0 Å². The topological polar surface area (TPSA) is 43.0 Å². The molecule has 0 bridgehead atoms. The van der Waals surface area contributed by atoms with Crippen LogP contribution in [-0.2, 0) is 0 Å². The number of hydrogen-bond donors (Lipinski definition) is 2. The molecule has 3 nitrogen and oxygen atoms in total. The molecule has 0 aliphatic heterocycles. The van der Waals surface area contributed by atoms with E-state index < -0.39 is 0 Å². The molecule has 1 atom stereocenters. The first-order valence-corrected chi connectivity index (χ1v) is 13.3. The van der Waals surface area contributed by atoms with Crippen LogP contribution in [0.2, 0.25) is 0 Å². The van der Waals surface area contributed by atoms with Crippen LogP contribution in [0.3, 0.4) is 0 Å². The van der Waals surface area contributed by atoms with Crippen molar-refractivity contribution in [2.45, 2.75) is 95.2 Å². The first-order valence-electron chi connectivity index (χ1n) is 13.3. The summed E-state index contributed by atoms with van der Waals surface area (Å²) in [7, 11) is 0. The smallest absolute Gasteiger partial charge is 0.0485 e. The fourth-order valence-corrected chi connectivity index (χ4v) is 6.31. The molecule has 1 unspecified atom stereocenters. The lowest BCUT2D eigenvalue weighted by Crippen LogP contribution is -2.38. The maximum absolute atomic E-state index is 6.13. The Kier molecular flexibility index (Phi) is 7.18. The number of rotatable bonds is 7. The van der Waals surface area contributed by atoms with Crippen molar-refractivity contribution >= 4 is 10.9 Å². The zero-order valence-corrected chi connectivity index (χ0v) is 20.3.